The molecule has 0 aliphatic rings. The van der Waals surface area contributed by atoms with Gasteiger partial charge in [0.2, 0.25) is 0 Å². The van der Waals surface area contributed by atoms with Crippen LogP contribution in [0.4, 0.5) is 0 Å². The summed E-state index contributed by atoms with van der Waals surface area (Å²) >= 11 is 0. The summed E-state index contributed by atoms with van der Waals surface area (Å²) < 4.78 is 19.0. The lowest BCUT2D eigenvalue weighted by molar-refractivity contribution is 0.631. The number of fused-ring (bicyclic) bond motifs is 10. The SMILES string of the molecule is c1ccc(-c2cc3c(ccc4oc5ccc(-c6c7ccccc7c(-c7ccc8oc9ccccc9c8c7)c7ccccc67)cc5c43)o2)cc1. The summed E-state index contributed by atoms with van der Waals surface area (Å²) in [4.78, 5) is 0. The Morgan fingerprint density at radius 1 is 0.265 bits per heavy atom. The first-order chi connectivity index (χ1) is 24.3. The molecule has 11 aromatic rings. The molecule has 0 spiro atoms. The number of hydrogen-bond acceptors (Lipinski definition) is 3. The molecule has 3 aromatic heterocycles. The van der Waals surface area contributed by atoms with E-state index in [4.69, 9.17) is 13.3 Å². The molecule has 0 aliphatic carbocycles. The zero-order chi connectivity index (χ0) is 32.1. The second-order valence-corrected chi connectivity index (χ2v) is 12.8. The molecule has 11 rings (SSSR count). The van der Waals surface area contributed by atoms with Crippen molar-refractivity contribution in [2.45, 2.75) is 0 Å². The van der Waals surface area contributed by atoms with Gasteiger partial charge in [0.25, 0.3) is 0 Å². The second kappa shape index (κ2) is 9.96. The van der Waals surface area contributed by atoms with Gasteiger partial charge >= 0.3 is 0 Å². The summed E-state index contributed by atoms with van der Waals surface area (Å²) in [6, 6.07) is 55.5. The minimum Gasteiger partial charge on any atom is -0.456 e. The normalized spacial score (nSPS) is 12.1. The predicted molar refractivity (Wildman–Crippen MR) is 202 cm³/mol. The predicted octanol–water partition coefficient (Wildman–Crippen LogP) is 13.5. The average molecular weight is 627 g/mol. The van der Waals surface area contributed by atoms with Crippen LogP contribution in [0.15, 0.2) is 171 Å². The van der Waals surface area contributed by atoms with Gasteiger partial charge in [0.15, 0.2) is 0 Å². The quantitative estimate of drug-likeness (QED) is 0.183. The van der Waals surface area contributed by atoms with Crippen LogP contribution in [0.1, 0.15) is 0 Å². The van der Waals surface area contributed by atoms with E-state index in [9.17, 15) is 0 Å². The summed E-state index contributed by atoms with van der Waals surface area (Å²) in [6.45, 7) is 0. The lowest BCUT2D eigenvalue weighted by Gasteiger charge is -2.18. The molecule has 0 N–H and O–H groups in total. The third kappa shape index (κ3) is 3.84. The van der Waals surface area contributed by atoms with Crippen LogP contribution in [0.25, 0.3) is 110 Å². The summed E-state index contributed by atoms with van der Waals surface area (Å²) in [5.41, 5.74) is 10.2. The Labute approximate surface area is 280 Å². The fourth-order valence-corrected chi connectivity index (χ4v) is 7.92. The summed E-state index contributed by atoms with van der Waals surface area (Å²) in [5, 5.41) is 10.3. The molecule has 0 amide bonds. The molecule has 0 atom stereocenters. The number of furan rings is 3. The van der Waals surface area contributed by atoms with E-state index in [-0.39, 0.29) is 0 Å². The van der Waals surface area contributed by atoms with Crippen molar-refractivity contribution in [1.29, 1.82) is 0 Å². The topological polar surface area (TPSA) is 39.4 Å². The fourth-order valence-electron chi connectivity index (χ4n) is 7.92. The van der Waals surface area contributed by atoms with Crippen molar-refractivity contribution in [2.75, 3.05) is 0 Å². The van der Waals surface area contributed by atoms with Crippen molar-refractivity contribution in [2.24, 2.45) is 0 Å². The molecule has 8 aromatic carbocycles. The monoisotopic (exact) mass is 626 g/mol. The van der Waals surface area contributed by atoms with E-state index in [0.717, 1.165) is 71.7 Å². The third-order valence-corrected chi connectivity index (χ3v) is 10.1. The maximum absolute atomic E-state index is 6.43. The highest BCUT2D eigenvalue weighted by molar-refractivity contribution is 6.24. The third-order valence-electron chi connectivity index (χ3n) is 10.1. The van der Waals surface area contributed by atoms with Crippen LogP contribution >= 0.6 is 0 Å². The Kier molecular flexibility index (Phi) is 5.38. The first kappa shape index (κ1) is 26.5. The lowest BCUT2D eigenvalue weighted by atomic mass is 9.85. The Bertz CT molecular complexity index is 3040. The average Bonchev–Trinajstić information content (AvgIpc) is 3.87. The van der Waals surface area contributed by atoms with E-state index in [0.29, 0.717) is 0 Å². The van der Waals surface area contributed by atoms with Crippen LogP contribution in [0.3, 0.4) is 0 Å². The molecule has 0 saturated heterocycles. The van der Waals surface area contributed by atoms with Gasteiger partial charge in [0, 0.05) is 32.5 Å². The molecule has 3 heterocycles. The molecule has 0 bridgehead atoms. The first-order valence-electron chi connectivity index (χ1n) is 16.6. The van der Waals surface area contributed by atoms with Crippen molar-refractivity contribution >= 4 is 76.4 Å². The van der Waals surface area contributed by atoms with Gasteiger partial charge in [-0.25, -0.2) is 0 Å². The van der Waals surface area contributed by atoms with Gasteiger partial charge < -0.3 is 13.3 Å². The largest absolute Gasteiger partial charge is 0.456 e. The zero-order valence-electron chi connectivity index (χ0n) is 26.2. The summed E-state index contributed by atoms with van der Waals surface area (Å²) in [7, 11) is 0. The molecule has 3 nitrogen and oxygen atoms in total. The molecule has 0 aliphatic heterocycles. The number of para-hydroxylation sites is 1. The molecule has 0 saturated carbocycles. The lowest BCUT2D eigenvalue weighted by Crippen LogP contribution is -1.90. The van der Waals surface area contributed by atoms with Crippen LogP contribution in [0.2, 0.25) is 0 Å². The van der Waals surface area contributed by atoms with Gasteiger partial charge in [-0.15, -0.1) is 0 Å². The second-order valence-electron chi connectivity index (χ2n) is 12.8. The van der Waals surface area contributed by atoms with Crippen molar-refractivity contribution in [3.63, 3.8) is 0 Å². The molecular formula is C46H26O3. The molecule has 0 fully saturated rings. The van der Waals surface area contributed by atoms with E-state index in [1.54, 1.807) is 0 Å². The minimum absolute atomic E-state index is 0.849. The van der Waals surface area contributed by atoms with Crippen LogP contribution < -0.4 is 0 Å². The van der Waals surface area contributed by atoms with Crippen molar-refractivity contribution in [1.82, 2.24) is 0 Å². The van der Waals surface area contributed by atoms with Crippen LogP contribution in [0, 0.1) is 0 Å². The van der Waals surface area contributed by atoms with Crippen LogP contribution in [-0.4, -0.2) is 0 Å². The maximum atomic E-state index is 6.43. The smallest absolute Gasteiger partial charge is 0.136 e. The Morgan fingerprint density at radius 3 is 1.39 bits per heavy atom. The van der Waals surface area contributed by atoms with Gasteiger partial charge in [0.05, 0.1) is 0 Å². The van der Waals surface area contributed by atoms with Crippen molar-refractivity contribution in [3.8, 4) is 33.6 Å². The molecule has 228 valence electrons. The van der Waals surface area contributed by atoms with E-state index in [2.05, 4.69) is 115 Å². The van der Waals surface area contributed by atoms with Gasteiger partial charge in [-0.2, -0.15) is 0 Å². The number of hydrogen-bond donors (Lipinski definition) is 0. The van der Waals surface area contributed by atoms with Gasteiger partial charge in [-0.3, -0.25) is 0 Å². The zero-order valence-corrected chi connectivity index (χ0v) is 26.2. The van der Waals surface area contributed by atoms with E-state index >= 15 is 0 Å². The van der Waals surface area contributed by atoms with Crippen LogP contribution in [-0.2, 0) is 0 Å². The van der Waals surface area contributed by atoms with Gasteiger partial charge in [0.1, 0.15) is 33.7 Å². The highest BCUT2D eigenvalue weighted by atomic mass is 16.3. The number of rotatable bonds is 3. The molecule has 0 radical (unpaired) electrons. The van der Waals surface area contributed by atoms with Crippen LogP contribution in [0.5, 0.6) is 0 Å². The molecule has 0 unspecified atom stereocenters. The standard InChI is InChI=1S/C46H26O3/c1-2-10-27(11-3-1)43-26-37-41(49-43)22-23-42-46(37)36-25-29(19-21-40(36)48-42)45-33-15-6-4-13-31(33)44(32-14-5-7-16-34(32)45)28-18-20-39-35(24-28)30-12-8-9-17-38(30)47-39/h1-26H. The highest BCUT2D eigenvalue weighted by Crippen LogP contribution is 2.46. The minimum atomic E-state index is 0.849. The first-order valence-corrected chi connectivity index (χ1v) is 16.6. The van der Waals surface area contributed by atoms with E-state index < -0.39 is 0 Å². The van der Waals surface area contributed by atoms with E-state index in [1.807, 2.05) is 42.5 Å². The molecule has 49 heavy (non-hydrogen) atoms. The number of benzene rings is 8. The highest BCUT2D eigenvalue weighted by Gasteiger charge is 2.20. The van der Waals surface area contributed by atoms with E-state index in [1.165, 1.54) is 38.2 Å². The maximum Gasteiger partial charge on any atom is 0.136 e. The van der Waals surface area contributed by atoms with Crippen molar-refractivity contribution < 1.29 is 13.3 Å². The Morgan fingerprint density at radius 2 is 0.714 bits per heavy atom. The Balaban J connectivity index is 1.18. The fraction of sp³-hybridized carbons (Fsp3) is 0. The molecular weight excluding hydrogens is 601 g/mol. The Hall–Kier alpha value is -6.58. The summed E-state index contributed by atoms with van der Waals surface area (Å²) in [6.07, 6.45) is 0. The summed E-state index contributed by atoms with van der Waals surface area (Å²) in [5.74, 6) is 0.850. The van der Waals surface area contributed by atoms with Gasteiger partial charge in [-0.1, -0.05) is 109 Å². The van der Waals surface area contributed by atoms with Gasteiger partial charge in [-0.05, 0) is 92.3 Å². The van der Waals surface area contributed by atoms with Crippen molar-refractivity contribution in [3.05, 3.63) is 158 Å². The molecule has 3 heteroatoms.